The van der Waals surface area contributed by atoms with Crippen molar-refractivity contribution in [2.24, 2.45) is 17.3 Å². The topological polar surface area (TPSA) is 26.3 Å². The summed E-state index contributed by atoms with van der Waals surface area (Å²) in [5.74, 6) is 0.132. The summed E-state index contributed by atoms with van der Waals surface area (Å²) in [5, 5.41) is 0. The Labute approximate surface area is 142 Å². The molecule has 126 valence electrons. The molecule has 0 bridgehead atoms. The summed E-state index contributed by atoms with van der Waals surface area (Å²) in [6.07, 6.45) is 7.21. The highest BCUT2D eigenvalue weighted by Gasteiger charge is 2.53. The Balaban J connectivity index is 1.65. The van der Waals surface area contributed by atoms with E-state index in [4.69, 9.17) is 4.74 Å². The lowest BCUT2D eigenvalue weighted by Crippen LogP contribution is -2.43. The third kappa shape index (κ3) is 2.51. The first-order valence-electron chi connectivity index (χ1n) is 8.82. The zero-order valence-corrected chi connectivity index (χ0v) is 14.1. The van der Waals surface area contributed by atoms with E-state index >= 15 is 0 Å². The lowest BCUT2D eigenvalue weighted by atomic mass is 9.56. The fraction of sp³-hybridized carbons (Fsp3) is 0.476. The van der Waals surface area contributed by atoms with Gasteiger partial charge in [-0.15, -0.1) is 0 Å². The van der Waals surface area contributed by atoms with Crippen LogP contribution in [-0.2, 0) is 9.53 Å². The van der Waals surface area contributed by atoms with Crippen LogP contribution in [0.15, 0.2) is 42.0 Å². The van der Waals surface area contributed by atoms with Crippen LogP contribution < -0.4 is 0 Å². The predicted molar refractivity (Wildman–Crippen MR) is 91.6 cm³/mol. The van der Waals surface area contributed by atoms with Crippen LogP contribution in [0.25, 0.3) is 6.08 Å². The van der Waals surface area contributed by atoms with Gasteiger partial charge in [-0.05, 0) is 67.2 Å². The summed E-state index contributed by atoms with van der Waals surface area (Å²) in [4.78, 5) is 12.4. The molecule has 1 aromatic rings. The summed E-state index contributed by atoms with van der Waals surface area (Å²) in [6, 6.07) is 6.25. The fourth-order valence-electron chi connectivity index (χ4n) is 4.98. The Hall–Kier alpha value is -1.90. The number of hydrogen-bond donors (Lipinski definition) is 0. The van der Waals surface area contributed by atoms with Crippen LogP contribution in [0.3, 0.4) is 0 Å². The number of carbonyl (C=O) groups is 1. The monoisotopic (exact) mass is 326 g/mol. The van der Waals surface area contributed by atoms with Crippen molar-refractivity contribution >= 4 is 12.0 Å². The van der Waals surface area contributed by atoms with Crippen molar-refractivity contribution in [1.82, 2.24) is 0 Å². The van der Waals surface area contributed by atoms with Crippen molar-refractivity contribution in [2.75, 3.05) is 0 Å². The first-order chi connectivity index (χ1) is 11.5. The zero-order chi connectivity index (χ0) is 16.9. The van der Waals surface area contributed by atoms with Gasteiger partial charge in [-0.1, -0.05) is 31.2 Å². The van der Waals surface area contributed by atoms with Gasteiger partial charge in [0.1, 0.15) is 11.9 Å². The second-order valence-electron chi connectivity index (χ2n) is 7.86. The lowest BCUT2D eigenvalue weighted by molar-refractivity contribution is -0.142. The molecule has 0 radical (unpaired) electrons. The second-order valence-corrected chi connectivity index (χ2v) is 7.86. The number of fused-ring (bicyclic) bond motifs is 2. The van der Waals surface area contributed by atoms with Gasteiger partial charge in [-0.2, -0.15) is 0 Å². The van der Waals surface area contributed by atoms with Crippen molar-refractivity contribution in [2.45, 2.75) is 45.1 Å². The Morgan fingerprint density at radius 2 is 2.08 bits per heavy atom. The maximum absolute atomic E-state index is 13.1. The SMILES string of the molecule is C=C1CCC[C@]2(C)C[C@H]3OC(=O)/C(=C/c4ccc(F)cc4)[C@H]3C[C@@H]12. The maximum atomic E-state index is 13.1. The van der Waals surface area contributed by atoms with Gasteiger partial charge in [0.25, 0.3) is 0 Å². The van der Waals surface area contributed by atoms with Crippen LogP contribution in [0.2, 0.25) is 0 Å². The van der Waals surface area contributed by atoms with Crippen molar-refractivity contribution in [3.63, 3.8) is 0 Å². The van der Waals surface area contributed by atoms with Crippen LogP contribution in [0.1, 0.15) is 44.6 Å². The molecule has 2 nitrogen and oxygen atoms in total. The Morgan fingerprint density at radius 1 is 1.33 bits per heavy atom. The number of carbonyl (C=O) groups excluding carboxylic acids is 1. The van der Waals surface area contributed by atoms with Gasteiger partial charge in [-0.3, -0.25) is 0 Å². The molecule has 4 rings (SSSR count). The Bertz CT molecular complexity index is 718. The molecule has 1 heterocycles. The summed E-state index contributed by atoms with van der Waals surface area (Å²) in [7, 11) is 0. The average molecular weight is 326 g/mol. The lowest BCUT2D eigenvalue weighted by Gasteiger charge is -2.49. The predicted octanol–water partition coefficient (Wildman–Crippen LogP) is 4.91. The van der Waals surface area contributed by atoms with Gasteiger partial charge in [0.05, 0.1) is 0 Å². The molecule has 0 unspecified atom stereocenters. The first kappa shape index (κ1) is 15.6. The van der Waals surface area contributed by atoms with E-state index in [0.29, 0.717) is 5.92 Å². The first-order valence-corrected chi connectivity index (χ1v) is 8.82. The number of ether oxygens (including phenoxy) is 1. The molecule has 2 aliphatic carbocycles. The molecular formula is C21H23FO2. The Kier molecular flexibility index (Phi) is 3.63. The molecule has 0 spiro atoms. The molecule has 1 aliphatic heterocycles. The minimum atomic E-state index is -0.268. The number of rotatable bonds is 1. The standard InChI is InChI=1S/C21H23FO2/c1-13-4-3-9-21(2)12-19-16(11-18(13)21)17(20(23)24-19)10-14-5-7-15(22)8-6-14/h5-8,10,16,18-19H,1,3-4,9,11-12H2,2H3/b17-10+/t16-,18+,19-,21-/m1/s1. The molecule has 0 amide bonds. The molecule has 4 atom stereocenters. The highest BCUT2D eigenvalue weighted by molar-refractivity contribution is 5.96. The minimum Gasteiger partial charge on any atom is -0.458 e. The summed E-state index contributed by atoms with van der Waals surface area (Å²) in [6.45, 7) is 6.64. The number of allylic oxidation sites excluding steroid dienone is 1. The van der Waals surface area contributed by atoms with Crippen LogP contribution >= 0.6 is 0 Å². The third-order valence-electron chi connectivity index (χ3n) is 6.27. The van der Waals surface area contributed by atoms with Crippen molar-refractivity contribution < 1.29 is 13.9 Å². The summed E-state index contributed by atoms with van der Waals surface area (Å²) < 4.78 is 18.8. The van der Waals surface area contributed by atoms with E-state index < -0.39 is 0 Å². The number of halogens is 1. The van der Waals surface area contributed by atoms with Crippen molar-refractivity contribution in [3.8, 4) is 0 Å². The van der Waals surface area contributed by atoms with Crippen LogP contribution in [0.4, 0.5) is 4.39 Å². The fourth-order valence-corrected chi connectivity index (χ4v) is 4.98. The largest absolute Gasteiger partial charge is 0.458 e. The van der Waals surface area contributed by atoms with E-state index in [-0.39, 0.29) is 29.2 Å². The minimum absolute atomic E-state index is 0.0173. The van der Waals surface area contributed by atoms with Crippen LogP contribution in [-0.4, -0.2) is 12.1 Å². The molecule has 1 saturated heterocycles. The van der Waals surface area contributed by atoms with Crippen molar-refractivity contribution in [3.05, 3.63) is 53.4 Å². The quantitative estimate of drug-likeness (QED) is 0.416. The van der Waals surface area contributed by atoms with E-state index in [0.717, 1.165) is 30.4 Å². The Morgan fingerprint density at radius 3 is 2.83 bits per heavy atom. The van der Waals surface area contributed by atoms with E-state index in [1.54, 1.807) is 12.1 Å². The molecule has 0 N–H and O–H groups in total. The molecule has 3 heteroatoms. The molecule has 2 saturated carbocycles. The number of esters is 1. The van der Waals surface area contributed by atoms with Gasteiger partial charge < -0.3 is 4.74 Å². The molecule has 24 heavy (non-hydrogen) atoms. The highest BCUT2D eigenvalue weighted by atomic mass is 19.1. The molecule has 1 aromatic carbocycles. The maximum Gasteiger partial charge on any atom is 0.334 e. The van der Waals surface area contributed by atoms with E-state index in [2.05, 4.69) is 13.5 Å². The van der Waals surface area contributed by atoms with E-state index in [1.165, 1.54) is 30.5 Å². The van der Waals surface area contributed by atoms with Crippen LogP contribution in [0, 0.1) is 23.1 Å². The van der Waals surface area contributed by atoms with Crippen LogP contribution in [0.5, 0.6) is 0 Å². The third-order valence-corrected chi connectivity index (χ3v) is 6.27. The number of hydrogen-bond acceptors (Lipinski definition) is 2. The average Bonchev–Trinajstić information content (AvgIpc) is 2.82. The number of benzene rings is 1. The van der Waals surface area contributed by atoms with Crippen molar-refractivity contribution in [1.29, 1.82) is 0 Å². The van der Waals surface area contributed by atoms with Gasteiger partial charge in [0.2, 0.25) is 0 Å². The molecule has 3 fully saturated rings. The smallest absolute Gasteiger partial charge is 0.334 e. The van der Waals surface area contributed by atoms with Gasteiger partial charge >= 0.3 is 5.97 Å². The second kappa shape index (κ2) is 5.58. The highest BCUT2D eigenvalue weighted by Crippen LogP contribution is 2.56. The van der Waals surface area contributed by atoms with Gasteiger partial charge in [-0.25, -0.2) is 9.18 Å². The summed E-state index contributed by atoms with van der Waals surface area (Å²) >= 11 is 0. The van der Waals surface area contributed by atoms with E-state index in [9.17, 15) is 9.18 Å². The van der Waals surface area contributed by atoms with E-state index in [1.807, 2.05) is 6.08 Å². The normalized spacial score (nSPS) is 37.1. The molecule has 0 aromatic heterocycles. The summed E-state index contributed by atoms with van der Waals surface area (Å²) in [5.41, 5.74) is 3.14. The zero-order valence-electron chi connectivity index (χ0n) is 14.1. The molecular weight excluding hydrogens is 303 g/mol. The molecule has 3 aliphatic rings. The van der Waals surface area contributed by atoms with Gasteiger partial charge in [0.15, 0.2) is 0 Å². The van der Waals surface area contributed by atoms with Gasteiger partial charge in [0, 0.05) is 11.5 Å².